The van der Waals surface area contributed by atoms with Gasteiger partial charge in [-0.3, -0.25) is 11.3 Å². The summed E-state index contributed by atoms with van der Waals surface area (Å²) in [5.74, 6) is 6.12. The molecule has 3 heteroatoms. The second kappa shape index (κ2) is 6.13. The SMILES string of the molecule is CC(C)CCC(NN)c1ccc(F)c2ccccc12. The lowest BCUT2D eigenvalue weighted by atomic mass is 9.94. The van der Waals surface area contributed by atoms with E-state index in [1.165, 1.54) is 6.07 Å². The largest absolute Gasteiger partial charge is 0.271 e. The Hall–Kier alpha value is -1.45. The predicted molar refractivity (Wildman–Crippen MR) is 78.0 cm³/mol. The lowest BCUT2D eigenvalue weighted by Crippen LogP contribution is -2.28. The number of rotatable bonds is 5. The summed E-state index contributed by atoms with van der Waals surface area (Å²) in [7, 11) is 0. The molecule has 0 aliphatic heterocycles. The third-order valence-electron chi connectivity index (χ3n) is 3.51. The molecule has 1 unspecified atom stereocenters. The van der Waals surface area contributed by atoms with Crippen LogP contribution in [0.1, 0.15) is 38.3 Å². The number of benzene rings is 2. The minimum atomic E-state index is -0.181. The molecule has 0 aliphatic carbocycles. The number of hydrazine groups is 1. The number of nitrogens with two attached hydrogens (primary N) is 1. The van der Waals surface area contributed by atoms with Gasteiger partial charge in [0.1, 0.15) is 5.82 Å². The van der Waals surface area contributed by atoms with Crippen LogP contribution in [0.15, 0.2) is 36.4 Å². The molecule has 2 aromatic rings. The Bertz CT molecular complexity index is 551. The van der Waals surface area contributed by atoms with Gasteiger partial charge < -0.3 is 0 Å². The average molecular weight is 260 g/mol. The average Bonchev–Trinajstić information content (AvgIpc) is 2.41. The monoisotopic (exact) mass is 260 g/mol. The number of fused-ring (bicyclic) bond motifs is 1. The van der Waals surface area contributed by atoms with E-state index in [2.05, 4.69) is 19.3 Å². The Morgan fingerprint density at radius 2 is 1.74 bits per heavy atom. The highest BCUT2D eigenvalue weighted by Crippen LogP contribution is 2.29. The molecule has 1 atom stereocenters. The topological polar surface area (TPSA) is 38.0 Å². The maximum atomic E-state index is 13.8. The van der Waals surface area contributed by atoms with Crippen LogP contribution in [0.2, 0.25) is 0 Å². The minimum Gasteiger partial charge on any atom is -0.271 e. The first kappa shape index (κ1) is 14.0. The first-order valence-electron chi connectivity index (χ1n) is 6.76. The van der Waals surface area contributed by atoms with Crippen molar-refractivity contribution in [2.45, 2.75) is 32.7 Å². The molecule has 0 amide bonds. The number of nitrogens with one attached hydrogen (secondary N) is 1. The number of halogens is 1. The summed E-state index contributed by atoms with van der Waals surface area (Å²) in [6.45, 7) is 4.38. The Balaban J connectivity index is 2.40. The fourth-order valence-corrected chi connectivity index (χ4v) is 2.42. The summed E-state index contributed by atoms with van der Waals surface area (Å²) in [4.78, 5) is 0. The second-order valence-corrected chi connectivity index (χ2v) is 5.37. The Morgan fingerprint density at radius 1 is 1.05 bits per heavy atom. The molecule has 0 fully saturated rings. The molecule has 0 heterocycles. The molecule has 2 rings (SSSR count). The Kier molecular flexibility index (Phi) is 4.51. The van der Waals surface area contributed by atoms with Crippen molar-refractivity contribution in [1.82, 2.24) is 5.43 Å². The van der Waals surface area contributed by atoms with Gasteiger partial charge in [-0.15, -0.1) is 0 Å². The van der Waals surface area contributed by atoms with Crippen LogP contribution in [-0.4, -0.2) is 0 Å². The quantitative estimate of drug-likeness (QED) is 0.631. The minimum absolute atomic E-state index is 0.0629. The molecule has 2 nitrogen and oxygen atoms in total. The van der Waals surface area contributed by atoms with E-state index in [-0.39, 0.29) is 11.9 Å². The first-order chi connectivity index (χ1) is 9.13. The molecule has 0 spiro atoms. The Morgan fingerprint density at radius 3 is 2.37 bits per heavy atom. The van der Waals surface area contributed by atoms with E-state index in [4.69, 9.17) is 5.84 Å². The summed E-state index contributed by atoms with van der Waals surface area (Å²) in [6, 6.07) is 11.0. The van der Waals surface area contributed by atoms with Gasteiger partial charge in [0.05, 0.1) is 0 Å². The van der Waals surface area contributed by atoms with Crippen molar-refractivity contribution in [2.24, 2.45) is 11.8 Å². The van der Waals surface area contributed by atoms with Crippen LogP contribution in [-0.2, 0) is 0 Å². The van der Waals surface area contributed by atoms with E-state index in [1.54, 1.807) is 0 Å². The molecule has 0 saturated carbocycles. The van der Waals surface area contributed by atoms with E-state index in [9.17, 15) is 4.39 Å². The zero-order chi connectivity index (χ0) is 13.8. The highest BCUT2D eigenvalue weighted by Gasteiger charge is 2.14. The van der Waals surface area contributed by atoms with Crippen LogP contribution in [0.25, 0.3) is 10.8 Å². The third kappa shape index (κ3) is 3.11. The van der Waals surface area contributed by atoms with Gasteiger partial charge in [0.25, 0.3) is 0 Å². The van der Waals surface area contributed by atoms with Gasteiger partial charge in [-0.2, -0.15) is 0 Å². The van der Waals surface area contributed by atoms with Crippen LogP contribution in [0, 0.1) is 11.7 Å². The van der Waals surface area contributed by atoms with Crippen LogP contribution in [0.5, 0.6) is 0 Å². The van der Waals surface area contributed by atoms with Crippen molar-refractivity contribution in [1.29, 1.82) is 0 Å². The standard InChI is InChI=1S/C16H21FN2/c1-11(2)7-10-16(19-18)14-8-9-15(17)13-6-4-3-5-12(13)14/h3-6,8-9,11,16,19H,7,10,18H2,1-2H3. The van der Waals surface area contributed by atoms with Crippen molar-refractivity contribution in [3.8, 4) is 0 Å². The maximum Gasteiger partial charge on any atom is 0.131 e. The van der Waals surface area contributed by atoms with Crippen molar-refractivity contribution in [2.75, 3.05) is 0 Å². The van der Waals surface area contributed by atoms with Gasteiger partial charge in [0.2, 0.25) is 0 Å². The van der Waals surface area contributed by atoms with Crippen LogP contribution >= 0.6 is 0 Å². The molecular formula is C16H21FN2. The molecule has 3 N–H and O–H groups in total. The van der Waals surface area contributed by atoms with Gasteiger partial charge in [-0.05, 0) is 35.8 Å². The second-order valence-electron chi connectivity index (χ2n) is 5.37. The predicted octanol–water partition coefficient (Wildman–Crippen LogP) is 3.92. The summed E-state index contributed by atoms with van der Waals surface area (Å²) in [5, 5.41) is 1.60. The molecule has 19 heavy (non-hydrogen) atoms. The fourth-order valence-electron chi connectivity index (χ4n) is 2.42. The van der Waals surface area contributed by atoms with E-state index in [0.29, 0.717) is 11.3 Å². The lowest BCUT2D eigenvalue weighted by Gasteiger charge is -2.19. The van der Waals surface area contributed by atoms with Crippen LogP contribution in [0.4, 0.5) is 4.39 Å². The summed E-state index contributed by atoms with van der Waals surface area (Å²) >= 11 is 0. The molecule has 0 bridgehead atoms. The molecule has 102 valence electrons. The molecule has 2 aromatic carbocycles. The smallest absolute Gasteiger partial charge is 0.131 e. The highest BCUT2D eigenvalue weighted by molar-refractivity contribution is 5.86. The maximum absolute atomic E-state index is 13.8. The summed E-state index contributed by atoms with van der Waals surface area (Å²) < 4.78 is 13.8. The van der Waals surface area contributed by atoms with Gasteiger partial charge in [-0.25, -0.2) is 4.39 Å². The van der Waals surface area contributed by atoms with Crippen LogP contribution < -0.4 is 11.3 Å². The van der Waals surface area contributed by atoms with Crippen LogP contribution in [0.3, 0.4) is 0 Å². The molecule has 0 aliphatic rings. The number of hydrogen-bond donors (Lipinski definition) is 2. The van der Waals surface area contributed by atoms with Gasteiger partial charge in [-0.1, -0.05) is 44.2 Å². The first-order valence-corrected chi connectivity index (χ1v) is 6.76. The zero-order valence-corrected chi connectivity index (χ0v) is 11.5. The number of hydrogen-bond acceptors (Lipinski definition) is 2. The van der Waals surface area contributed by atoms with Gasteiger partial charge in [0, 0.05) is 11.4 Å². The van der Waals surface area contributed by atoms with Crippen molar-refractivity contribution in [3.05, 3.63) is 47.8 Å². The van der Waals surface area contributed by atoms with Crippen molar-refractivity contribution >= 4 is 10.8 Å². The summed E-state index contributed by atoms with van der Waals surface area (Å²) in [6.07, 6.45) is 2.03. The third-order valence-corrected chi connectivity index (χ3v) is 3.51. The lowest BCUT2D eigenvalue weighted by molar-refractivity contribution is 0.450. The van der Waals surface area contributed by atoms with Gasteiger partial charge in [0.15, 0.2) is 0 Å². The van der Waals surface area contributed by atoms with Crippen molar-refractivity contribution < 1.29 is 4.39 Å². The zero-order valence-electron chi connectivity index (χ0n) is 11.5. The fraction of sp³-hybridized carbons (Fsp3) is 0.375. The van der Waals surface area contributed by atoms with Gasteiger partial charge >= 0.3 is 0 Å². The highest BCUT2D eigenvalue weighted by atomic mass is 19.1. The van der Waals surface area contributed by atoms with Crippen molar-refractivity contribution in [3.63, 3.8) is 0 Å². The normalized spacial score (nSPS) is 13.1. The summed E-state index contributed by atoms with van der Waals surface area (Å²) in [5.41, 5.74) is 3.93. The molecular weight excluding hydrogens is 239 g/mol. The molecule has 0 aromatic heterocycles. The Labute approximate surface area is 113 Å². The molecule has 0 radical (unpaired) electrons. The van der Waals surface area contributed by atoms with E-state index < -0.39 is 0 Å². The van der Waals surface area contributed by atoms with E-state index >= 15 is 0 Å². The van der Waals surface area contributed by atoms with E-state index in [0.717, 1.165) is 23.8 Å². The van der Waals surface area contributed by atoms with E-state index in [1.807, 2.05) is 30.3 Å². The molecule has 0 saturated heterocycles.